The monoisotopic (exact) mass is 304 g/mol. The fourth-order valence-electron chi connectivity index (χ4n) is 2.74. The Bertz CT molecular complexity index is 591. The van der Waals surface area contributed by atoms with Crippen molar-refractivity contribution in [2.45, 2.75) is 61.3 Å². The molecule has 2 heterocycles. The van der Waals surface area contributed by atoms with E-state index in [1.165, 1.54) is 24.6 Å². The highest BCUT2D eigenvalue weighted by molar-refractivity contribution is 7.99. The lowest BCUT2D eigenvalue weighted by molar-refractivity contribution is 0.423. The minimum atomic E-state index is 0.111. The first-order valence-electron chi connectivity index (χ1n) is 7.39. The fraction of sp³-hybridized carbons (Fsp3) is 0.571. The molecule has 3 rings (SSSR count). The van der Waals surface area contributed by atoms with Crippen LogP contribution in [-0.2, 0) is 6.42 Å². The van der Waals surface area contributed by atoms with E-state index in [1.54, 1.807) is 6.20 Å². The maximum absolute atomic E-state index is 5.91. The molecule has 0 spiro atoms. The standard InChI is InChI=1S/C14H20N6S/c1-10(15)9-11-5-4-8-16-13(11)21-14-17-18-19-20(14)12-6-2-3-7-12/h4-5,8,10,12H,2-3,6-7,9,15H2,1H3. The predicted molar refractivity (Wildman–Crippen MR) is 81.0 cm³/mol. The van der Waals surface area contributed by atoms with E-state index in [0.717, 1.165) is 35.0 Å². The Morgan fingerprint density at radius 3 is 3.00 bits per heavy atom. The van der Waals surface area contributed by atoms with Crippen LogP contribution in [-0.4, -0.2) is 31.2 Å². The Hall–Kier alpha value is -1.47. The van der Waals surface area contributed by atoms with Crippen LogP contribution in [0.15, 0.2) is 28.5 Å². The van der Waals surface area contributed by atoms with E-state index in [-0.39, 0.29) is 6.04 Å². The molecule has 1 saturated carbocycles. The number of nitrogens with zero attached hydrogens (tertiary/aromatic N) is 5. The third-order valence-electron chi connectivity index (χ3n) is 3.71. The highest BCUT2D eigenvalue weighted by Gasteiger charge is 2.22. The second-order valence-electron chi connectivity index (χ2n) is 5.60. The lowest BCUT2D eigenvalue weighted by atomic mass is 10.1. The molecule has 6 nitrogen and oxygen atoms in total. The number of pyridine rings is 1. The minimum Gasteiger partial charge on any atom is -0.328 e. The summed E-state index contributed by atoms with van der Waals surface area (Å²) in [7, 11) is 0. The van der Waals surface area contributed by atoms with Gasteiger partial charge in [0.05, 0.1) is 6.04 Å². The molecular formula is C14H20N6S. The van der Waals surface area contributed by atoms with Crippen LogP contribution in [0.4, 0.5) is 0 Å². The first-order valence-corrected chi connectivity index (χ1v) is 8.21. The van der Waals surface area contributed by atoms with E-state index in [0.29, 0.717) is 6.04 Å². The van der Waals surface area contributed by atoms with E-state index in [4.69, 9.17) is 5.73 Å². The normalized spacial score (nSPS) is 17.2. The van der Waals surface area contributed by atoms with Gasteiger partial charge in [0.1, 0.15) is 5.03 Å². The number of hydrogen-bond acceptors (Lipinski definition) is 6. The zero-order valence-corrected chi connectivity index (χ0v) is 13.0. The van der Waals surface area contributed by atoms with E-state index in [1.807, 2.05) is 17.7 Å². The summed E-state index contributed by atoms with van der Waals surface area (Å²) in [4.78, 5) is 4.47. The van der Waals surface area contributed by atoms with Gasteiger partial charge in [-0.2, -0.15) is 0 Å². The van der Waals surface area contributed by atoms with Gasteiger partial charge < -0.3 is 5.73 Å². The summed E-state index contributed by atoms with van der Waals surface area (Å²) in [5.74, 6) is 0. The first kappa shape index (κ1) is 14.5. The lowest BCUT2D eigenvalue weighted by Crippen LogP contribution is -2.18. The molecule has 112 valence electrons. The smallest absolute Gasteiger partial charge is 0.215 e. The van der Waals surface area contributed by atoms with Gasteiger partial charge >= 0.3 is 0 Å². The van der Waals surface area contributed by atoms with Gasteiger partial charge in [0.15, 0.2) is 0 Å². The van der Waals surface area contributed by atoms with Crippen LogP contribution in [0.1, 0.15) is 44.2 Å². The first-order chi connectivity index (χ1) is 10.2. The van der Waals surface area contributed by atoms with Crippen molar-refractivity contribution in [3.63, 3.8) is 0 Å². The summed E-state index contributed by atoms with van der Waals surface area (Å²) >= 11 is 1.54. The molecule has 1 atom stereocenters. The van der Waals surface area contributed by atoms with Gasteiger partial charge in [0.2, 0.25) is 5.16 Å². The van der Waals surface area contributed by atoms with Crippen molar-refractivity contribution < 1.29 is 0 Å². The van der Waals surface area contributed by atoms with Crippen LogP contribution in [0.2, 0.25) is 0 Å². The van der Waals surface area contributed by atoms with Crippen molar-refractivity contribution in [2.75, 3.05) is 0 Å². The van der Waals surface area contributed by atoms with Crippen LogP contribution in [0, 0.1) is 0 Å². The lowest BCUT2D eigenvalue weighted by Gasteiger charge is -2.12. The van der Waals surface area contributed by atoms with Crippen molar-refractivity contribution in [1.29, 1.82) is 0 Å². The highest BCUT2D eigenvalue weighted by atomic mass is 32.2. The minimum absolute atomic E-state index is 0.111. The number of nitrogens with two attached hydrogens (primary N) is 1. The van der Waals surface area contributed by atoms with Gasteiger partial charge in [-0.25, -0.2) is 9.67 Å². The largest absolute Gasteiger partial charge is 0.328 e. The number of tetrazole rings is 1. The predicted octanol–water partition coefficient (Wildman–Crippen LogP) is 2.22. The molecule has 1 aliphatic rings. The fourth-order valence-corrected chi connectivity index (χ4v) is 3.66. The molecule has 21 heavy (non-hydrogen) atoms. The quantitative estimate of drug-likeness (QED) is 0.912. The maximum atomic E-state index is 5.91. The Labute approximate surface area is 128 Å². The van der Waals surface area contributed by atoms with Crippen molar-refractivity contribution in [3.8, 4) is 0 Å². The van der Waals surface area contributed by atoms with E-state index in [2.05, 4.69) is 26.6 Å². The molecule has 0 radical (unpaired) electrons. The molecule has 1 aliphatic carbocycles. The van der Waals surface area contributed by atoms with Crippen LogP contribution in [0.5, 0.6) is 0 Å². The Balaban J connectivity index is 1.82. The molecular weight excluding hydrogens is 284 g/mol. The zero-order valence-electron chi connectivity index (χ0n) is 12.1. The number of hydrogen-bond donors (Lipinski definition) is 1. The Morgan fingerprint density at radius 1 is 1.43 bits per heavy atom. The molecule has 1 unspecified atom stereocenters. The average Bonchev–Trinajstić information content (AvgIpc) is 3.10. The van der Waals surface area contributed by atoms with E-state index >= 15 is 0 Å². The van der Waals surface area contributed by atoms with Crippen LogP contribution in [0.25, 0.3) is 0 Å². The number of aromatic nitrogens is 5. The van der Waals surface area contributed by atoms with Crippen LogP contribution in [0.3, 0.4) is 0 Å². The summed E-state index contributed by atoms with van der Waals surface area (Å²) in [6.07, 6.45) is 7.45. The molecule has 0 saturated heterocycles. The molecule has 2 N–H and O–H groups in total. The summed E-state index contributed by atoms with van der Waals surface area (Å²) in [5.41, 5.74) is 7.06. The molecule has 0 bridgehead atoms. The van der Waals surface area contributed by atoms with Gasteiger partial charge in [0.25, 0.3) is 0 Å². The second-order valence-corrected chi connectivity index (χ2v) is 6.55. The van der Waals surface area contributed by atoms with Gasteiger partial charge in [0, 0.05) is 12.2 Å². The van der Waals surface area contributed by atoms with E-state index < -0.39 is 0 Å². The summed E-state index contributed by atoms with van der Waals surface area (Å²) in [6, 6.07) is 4.56. The summed E-state index contributed by atoms with van der Waals surface area (Å²) < 4.78 is 1.96. The summed E-state index contributed by atoms with van der Waals surface area (Å²) in [6.45, 7) is 2.00. The van der Waals surface area contributed by atoms with Crippen LogP contribution >= 0.6 is 11.8 Å². The Morgan fingerprint density at radius 2 is 2.24 bits per heavy atom. The molecule has 1 fully saturated rings. The van der Waals surface area contributed by atoms with Gasteiger partial charge in [-0.15, -0.1) is 5.10 Å². The molecule has 0 amide bonds. The SMILES string of the molecule is CC(N)Cc1cccnc1Sc1nnnn1C1CCCC1. The maximum Gasteiger partial charge on any atom is 0.215 e. The molecule has 0 aromatic carbocycles. The van der Waals surface area contributed by atoms with E-state index in [9.17, 15) is 0 Å². The van der Waals surface area contributed by atoms with Crippen LogP contribution < -0.4 is 5.73 Å². The van der Waals surface area contributed by atoms with Gasteiger partial charge in [-0.05, 0) is 60.0 Å². The second kappa shape index (κ2) is 6.53. The van der Waals surface area contributed by atoms with Crippen molar-refractivity contribution in [2.24, 2.45) is 5.73 Å². The average molecular weight is 304 g/mol. The molecule has 0 aliphatic heterocycles. The molecule has 7 heteroatoms. The molecule has 2 aromatic heterocycles. The highest BCUT2D eigenvalue weighted by Crippen LogP contribution is 2.34. The topological polar surface area (TPSA) is 82.5 Å². The van der Waals surface area contributed by atoms with Crippen molar-refractivity contribution >= 4 is 11.8 Å². The number of rotatable bonds is 5. The Kier molecular flexibility index (Phi) is 4.50. The third-order valence-corrected chi connectivity index (χ3v) is 4.73. The van der Waals surface area contributed by atoms with Crippen molar-refractivity contribution in [3.05, 3.63) is 23.9 Å². The third kappa shape index (κ3) is 3.41. The van der Waals surface area contributed by atoms with Gasteiger partial charge in [-0.3, -0.25) is 0 Å². The summed E-state index contributed by atoms with van der Waals surface area (Å²) in [5, 5.41) is 14.0. The molecule has 2 aromatic rings. The van der Waals surface area contributed by atoms with Gasteiger partial charge in [-0.1, -0.05) is 18.9 Å². The van der Waals surface area contributed by atoms with Crippen molar-refractivity contribution in [1.82, 2.24) is 25.2 Å². The zero-order chi connectivity index (χ0) is 14.7.